The van der Waals surface area contributed by atoms with Crippen molar-refractivity contribution < 1.29 is 14.3 Å². The number of carbonyl (C=O) groups is 1. The van der Waals surface area contributed by atoms with E-state index < -0.39 is 0 Å². The lowest BCUT2D eigenvalue weighted by Gasteiger charge is -2.08. The second-order valence-corrected chi connectivity index (χ2v) is 8.05. The lowest BCUT2D eigenvalue weighted by atomic mass is 10.1. The molecule has 0 aliphatic carbocycles. The van der Waals surface area contributed by atoms with E-state index in [9.17, 15) is 4.79 Å². The van der Waals surface area contributed by atoms with Gasteiger partial charge in [0.15, 0.2) is 0 Å². The van der Waals surface area contributed by atoms with Crippen LogP contribution in [0.15, 0.2) is 72.8 Å². The second-order valence-electron chi connectivity index (χ2n) is 8.05. The molecule has 167 valence electrons. The van der Waals surface area contributed by atoms with Gasteiger partial charge in [0.1, 0.15) is 11.5 Å². The van der Waals surface area contributed by atoms with Crippen LogP contribution in [-0.4, -0.2) is 12.6 Å². The zero-order valence-corrected chi connectivity index (χ0v) is 19.0. The Morgan fingerprint density at radius 2 is 1.25 bits per heavy atom. The van der Waals surface area contributed by atoms with Gasteiger partial charge < -0.3 is 9.47 Å². The van der Waals surface area contributed by atoms with Gasteiger partial charge in [-0.15, -0.1) is 0 Å². The molecule has 0 saturated heterocycles. The van der Waals surface area contributed by atoms with E-state index in [0.717, 1.165) is 23.3 Å². The number of unbranched alkanes of at least 4 members (excludes halogenated alkanes) is 7. The monoisotopic (exact) mass is 429 g/mol. The van der Waals surface area contributed by atoms with Crippen LogP contribution in [0, 0.1) is 6.07 Å². The Labute approximate surface area is 192 Å². The molecule has 0 amide bonds. The Bertz CT molecular complexity index is 915. The fraction of sp³-hybridized carbons (Fsp3) is 0.345. The third-order valence-corrected chi connectivity index (χ3v) is 5.47. The van der Waals surface area contributed by atoms with Gasteiger partial charge in [-0.05, 0) is 60.0 Å². The maximum atomic E-state index is 12.4. The first kappa shape index (κ1) is 23.6. The lowest BCUT2D eigenvalue weighted by molar-refractivity contribution is 0.0734. The zero-order chi connectivity index (χ0) is 22.4. The Hall–Kier alpha value is -3.07. The van der Waals surface area contributed by atoms with Crippen molar-refractivity contribution >= 4 is 5.97 Å². The highest BCUT2D eigenvalue weighted by atomic mass is 16.5. The highest BCUT2D eigenvalue weighted by Gasteiger charge is 2.09. The number of rotatable bonds is 13. The summed E-state index contributed by atoms with van der Waals surface area (Å²) < 4.78 is 11.3. The average Bonchev–Trinajstić information content (AvgIpc) is 2.84. The predicted molar refractivity (Wildman–Crippen MR) is 130 cm³/mol. The molecule has 0 aliphatic rings. The summed E-state index contributed by atoms with van der Waals surface area (Å²) in [5.41, 5.74) is 2.67. The van der Waals surface area contributed by atoms with E-state index in [0.29, 0.717) is 17.9 Å². The molecule has 3 rings (SSSR count). The third kappa shape index (κ3) is 7.88. The first-order valence-electron chi connectivity index (χ1n) is 11.8. The molecule has 3 nitrogen and oxygen atoms in total. The van der Waals surface area contributed by atoms with Crippen LogP contribution in [0.4, 0.5) is 0 Å². The SMILES string of the molecule is CCCCCCCCCCOc1ccc(C(=O)Oc2ccc(-c3cc[c]cc3)cc2)cc1. The molecule has 1 radical (unpaired) electrons. The summed E-state index contributed by atoms with van der Waals surface area (Å²) in [6.45, 7) is 2.96. The first-order chi connectivity index (χ1) is 15.8. The van der Waals surface area contributed by atoms with Crippen molar-refractivity contribution in [2.24, 2.45) is 0 Å². The maximum Gasteiger partial charge on any atom is 0.343 e. The van der Waals surface area contributed by atoms with Crippen LogP contribution in [0.3, 0.4) is 0 Å². The molecular formula is C29H33O3. The minimum atomic E-state index is -0.373. The Kier molecular flexibility index (Phi) is 9.85. The second kappa shape index (κ2) is 13.4. The summed E-state index contributed by atoms with van der Waals surface area (Å²) in [6, 6.07) is 25.4. The first-order valence-corrected chi connectivity index (χ1v) is 11.8. The van der Waals surface area contributed by atoms with E-state index >= 15 is 0 Å². The molecule has 0 fully saturated rings. The minimum Gasteiger partial charge on any atom is -0.494 e. The topological polar surface area (TPSA) is 35.5 Å². The largest absolute Gasteiger partial charge is 0.494 e. The number of esters is 1. The van der Waals surface area contributed by atoms with Crippen molar-refractivity contribution in [3.63, 3.8) is 0 Å². The number of carbonyl (C=O) groups excluding carboxylic acids is 1. The summed E-state index contributed by atoms with van der Waals surface area (Å²) in [7, 11) is 0. The molecule has 0 aliphatic heterocycles. The summed E-state index contributed by atoms with van der Waals surface area (Å²) in [5, 5.41) is 0. The van der Waals surface area contributed by atoms with Crippen LogP contribution in [0.1, 0.15) is 68.6 Å². The summed E-state index contributed by atoms with van der Waals surface area (Å²) in [6.07, 6.45) is 10.2. The van der Waals surface area contributed by atoms with Crippen LogP contribution < -0.4 is 9.47 Å². The molecule has 0 bridgehead atoms. The molecule has 0 N–H and O–H groups in total. The van der Waals surface area contributed by atoms with Crippen LogP contribution in [0.5, 0.6) is 11.5 Å². The summed E-state index contributed by atoms with van der Waals surface area (Å²) in [4.78, 5) is 12.4. The lowest BCUT2D eigenvalue weighted by Crippen LogP contribution is -2.08. The maximum absolute atomic E-state index is 12.4. The highest BCUT2D eigenvalue weighted by Crippen LogP contribution is 2.23. The van der Waals surface area contributed by atoms with Gasteiger partial charge in [-0.25, -0.2) is 4.79 Å². The number of ether oxygens (including phenoxy) is 2. The molecule has 0 unspecified atom stereocenters. The highest BCUT2D eigenvalue weighted by molar-refractivity contribution is 5.91. The van der Waals surface area contributed by atoms with Crippen molar-refractivity contribution in [1.82, 2.24) is 0 Å². The molecule has 3 aromatic carbocycles. The van der Waals surface area contributed by atoms with Gasteiger partial charge in [0.25, 0.3) is 0 Å². The van der Waals surface area contributed by atoms with E-state index in [-0.39, 0.29) is 5.97 Å². The van der Waals surface area contributed by atoms with Crippen molar-refractivity contribution in [1.29, 1.82) is 0 Å². The molecular weight excluding hydrogens is 396 g/mol. The quantitative estimate of drug-likeness (QED) is 0.157. The van der Waals surface area contributed by atoms with Gasteiger partial charge in [-0.1, -0.05) is 88.3 Å². The number of hydrogen-bond donors (Lipinski definition) is 0. The van der Waals surface area contributed by atoms with Crippen LogP contribution >= 0.6 is 0 Å². The zero-order valence-electron chi connectivity index (χ0n) is 19.0. The molecule has 32 heavy (non-hydrogen) atoms. The van der Waals surface area contributed by atoms with Gasteiger partial charge in [0, 0.05) is 0 Å². The average molecular weight is 430 g/mol. The Balaban J connectivity index is 1.38. The van der Waals surface area contributed by atoms with E-state index in [4.69, 9.17) is 9.47 Å². The Morgan fingerprint density at radius 3 is 1.91 bits per heavy atom. The van der Waals surface area contributed by atoms with Crippen molar-refractivity contribution in [2.75, 3.05) is 6.61 Å². The fourth-order valence-electron chi connectivity index (χ4n) is 3.57. The van der Waals surface area contributed by atoms with E-state index in [2.05, 4.69) is 13.0 Å². The van der Waals surface area contributed by atoms with Crippen molar-refractivity contribution in [2.45, 2.75) is 58.3 Å². The van der Waals surface area contributed by atoms with Crippen LogP contribution in [-0.2, 0) is 0 Å². The number of hydrogen-bond acceptors (Lipinski definition) is 3. The third-order valence-electron chi connectivity index (χ3n) is 5.47. The van der Waals surface area contributed by atoms with Gasteiger partial charge >= 0.3 is 5.97 Å². The molecule has 0 spiro atoms. The smallest absolute Gasteiger partial charge is 0.343 e. The predicted octanol–water partition coefficient (Wildman–Crippen LogP) is 7.89. The normalized spacial score (nSPS) is 10.7. The van der Waals surface area contributed by atoms with Crippen LogP contribution in [0.25, 0.3) is 11.1 Å². The minimum absolute atomic E-state index is 0.373. The van der Waals surface area contributed by atoms with Gasteiger partial charge in [-0.3, -0.25) is 0 Å². The van der Waals surface area contributed by atoms with Gasteiger partial charge in [-0.2, -0.15) is 0 Å². The van der Waals surface area contributed by atoms with Gasteiger partial charge in [0.2, 0.25) is 0 Å². The molecule has 0 saturated carbocycles. The number of benzene rings is 3. The molecule has 0 aromatic heterocycles. The fourth-order valence-corrected chi connectivity index (χ4v) is 3.57. The molecule has 3 aromatic rings. The van der Waals surface area contributed by atoms with Gasteiger partial charge in [0.05, 0.1) is 12.2 Å². The van der Waals surface area contributed by atoms with Crippen LogP contribution in [0.2, 0.25) is 0 Å². The molecule has 0 atom stereocenters. The Morgan fingerprint density at radius 1 is 0.688 bits per heavy atom. The standard InChI is InChI=1S/C29H33O3/c1-2-3-4-5-6-7-8-12-23-31-27-19-17-26(18-20-27)29(30)32-28-21-15-25(16-22-28)24-13-10-9-11-14-24/h10-11,13-22H,2-8,12,23H2,1H3. The van der Waals surface area contributed by atoms with Crippen molar-refractivity contribution in [3.05, 3.63) is 84.4 Å². The van der Waals surface area contributed by atoms with E-state index in [1.165, 1.54) is 44.9 Å². The van der Waals surface area contributed by atoms with Crippen molar-refractivity contribution in [3.8, 4) is 22.6 Å². The molecule has 3 heteroatoms. The summed E-state index contributed by atoms with van der Waals surface area (Å²) in [5.74, 6) is 0.937. The van der Waals surface area contributed by atoms with E-state index in [1.807, 2.05) is 60.7 Å². The molecule has 0 heterocycles. The van der Waals surface area contributed by atoms with E-state index in [1.54, 1.807) is 12.1 Å². The summed E-state index contributed by atoms with van der Waals surface area (Å²) >= 11 is 0.